The van der Waals surface area contributed by atoms with Gasteiger partial charge in [-0.25, -0.2) is 0 Å². The van der Waals surface area contributed by atoms with Crippen molar-refractivity contribution < 1.29 is 4.79 Å². The van der Waals surface area contributed by atoms with Gasteiger partial charge in [0.2, 0.25) is 5.91 Å². The number of pyridine rings is 1. The average Bonchev–Trinajstić information content (AvgIpc) is 2.54. The molecule has 0 unspecified atom stereocenters. The first-order chi connectivity index (χ1) is 10.3. The van der Waals surface area contributed by atoms with Crippen LogP contribution in [0.3, 0.4) is 0 Å². The summed E-state index contributed by atoms with van der Waals surface area (Å²) in [4.78, 5) is 18.3. The Morgan fingerprint density at radius 2 is 2.13 bits per heavy atom. The molecule has 1 fully saturated rings. The summed E-state index contributed by atoms with van der Waals surface area (Å²) < 4.78 is 0. The molecule has 4 nitrogen and oxygen atoms in total. The molecule has 0 saturated carbocycles. The van der Waals surface area contributed by atoms with Crippen LogP contribution in [0.5, 0.6) is 0 Å². The lowest BCUT2D eigenvalue weighted by Crippen LogP contribution is -2.39. The number of carbonyl (C=O) groups excluding carboxylic acids is 1. The minimum absolute atomic E-state index is 0. The Bertz CT molecular complexity index is 429. The molecule has 1 aliphatic heterocycles. The van der Waals surface area contributed by atoms with E-state index in [1.165, 1.54) is 12.0 Å². The van der Waals surface area contributed by atoms with Gasteiger partial charge in [0.1, 0.15) is 0 Å². The summed E-state index contributed by atoms with van der Waals surface area (Å²) in [5.74, 6) is 2.51. The molecule has 1 aromatic rings. The van der Waals surface area contributed by atoms with Gasteiger partial charge in [0.15, 0.2) is 0 Å². The van der Waals surface area contributed by atoms with Crippen molar-refractivity contribution in [3.63, 3.8) is 0 Å². The molecular weight excluding hydrogens is 353 g/mol. The quantitative estimate of drug-likeness (QED) is 0.790. The summed E-state index contributed by atoms with van der Waals surface area (Å²) in [6.45, 7) is 2.95. The van der Waals surface area contributed by atoms with Crippen LogP contribution in [0, 0.1) is 5.92 Å². The average molecular weight is 380 g/mol. The largest absolute Gasteiger partial charge is 0.342 e. The Labute approximate surface area is 156 Å². The number of likely N-dealkylation sites (tertiary alicyclic amines) is 1. The molecule has 23 heavy (non-hydrogen) atoms. The van der Waals surface area contributed by atoms with Crippen molar-refractivity contribution in [3.05, 3.63) is 30.1 Å². The Kier molecular flexibility index (Phi) is 12.6. The first kappa shape index (κ1) is 22.5. The van der Waals surface area contributed by atoms with Gasteiger partial charge in [-0.3, -0.25) is 9.78 Å². The number of nitrogens with zero attached hydrogens (tertiary/aromatic N) is 2. The number of aromatic nitrogens is 1. The van der Waals surface area contributed by atoms with Gasteiger partial charge in [0, 0.05) is 31.2 Å². The maximum atomic E-state index is 12.2. The van der Waals surface area contributed by atoms with Crippen molar-refractivity contribution in [2.24, 2.45) is 5.92 Å². The number of hydrogen-bond acceptors (Lipinski definition) is 4. The van der Waals surface area contributed by atoms with Crippen molar-refractivity contribution in [2.45, 2.75) is 25.0 Å². The van der Waals surface area contributed by atoms with Crippen molar-refractivity contribution in [2.75, 3.05) is 32.4 Å². The van der Waals surface area contributed by atoms with Gasteiger partial charge in [-0.05, 0) is 50.4 Å². The SMILES string of the molecule is CNCCC1CCN(C(=O)CSCc2cccnc2)CC1.Cl.Cl. The van der Waals surface area contributed by atoms with Crippen LogP contribution in [0.2, 0.25) is 0 Å². The second-order valence-corrected chi connectivity index (χ2v) is 6.56. The predicted octanol–water partition coefficient (Wildman–Crippen LogP) is 3.01. The zero-order valence-electron chi connectivity index (χ0n) is 13.6. The van der Waals surface area contributed by atoms with Gasteiger partial charge < -0.3 is 10.2 Å². The van der Waals surface area contributed by atoms with Gasteiger partial charge in [-0.1, -0.05) is 6.07 Å². The Morgan fingerprint density at radius 1 is 1.39 bits per heavy atom. The molecule has 0 atom stereocenters. The summed E-state index contributed by atoms with van der Waals surface area (Å²) in [5, 5.41) is 3.20. The van der Waals surface area contributed by atoms with Crippen LogP contribution in [-0.2, 0) is 10.5 Å². The molecule has 1 amide bonds. The number of carbonyl (C=O) groups is 1. The summed E-state index contributed by atoms with van der Waals surface area (Å²) >= 11 is 1.68. The standard InChI is InChI=1S/C16H25N3OS.2ClH/c1-17-8-4-14-5-9-19(10-6-14)16(20)13-21-12-15-3-2-7-18-11-15;;/h2-3,7,11,14,17H,4-6,8-10,12-13H2,1H3;2*1H. The number of amides is 1. The molecular formula is C16H27Cl2N3OS. The maximum absolute atomic E-state index is 12.2. The van der Waals surface area contributed by atoms with E-state index in [0.29, 0.717) is 5.75 Å². The van der Waals surface area contributed by atoms with E-state index in [0.717, 1.165) is 44.1 Å². The third-order valence-corrected chi connectivity index (χ3v) is 4.98. The van der Waals surface area contributed by atoms with Crippen LogP contribution in [0.4, 0.5) is 0 Å². The van der Waals surface area contributed by atoms with Crippen LogP contribution < -0.4 is 5.32 Å². The van der Waals surface area contributed by atoms with Crippen LogP contribution in [0.25, 0.3) is 0 Å². The topological polar surface area (TPSA) is 45.2 Å². The van der Waals surface area contributed by atoms with Crippen molar-refractivity contribution in [3.8, 4) is 0 Å². The lowest BCUT2D eigenvalue weighted by atomic mass is 9.93. The first-order valence-corrected chi connectivity index (χ1v) is 8.84. The fourth-order valence-corrected chi connectivity index (χ4v) is 3.52. The molecule has 0 radical (unpaired) electrons. The highest BCUT2D eigenvalue weighted by molar-refractivity contribution is 7.99. The summed E-state index contributed by atoms with van der Waals surface area (Å²) in [6.07, 6.45) is 7.18. The molecule has 2 heterocycles. The third-order valence-electron chi connectivity index (χ3n) is 3.99. The lowest BCUT2D eigenvalue weighted by Gasteiger charge is -2.32. The Morgan fingerprint density at radius 3 is 2.74 bits per heavy atom. The van der Waals surface area contributed by atoms with E-state index in [1.54, 1.807) is 18.0 Å². The van der Waals surface area contributed by atoms with E-state index in [4.69, 9.17) is 0 Å². The zero-order valence-corrected chi connectivity index (χ0v) is 16.0. The molecule has 1 N–H and O–H groups in total. The van der Waals surface area contributed by atoms with Crippen LogP contribution in [0.15, 0.2) is 24.5 Å². The molecule has 0 spiro atoms. The number of rotatable bonds is 7. The number of halogens is 2. The molecule has 7 heteroatoms. The number of hydrogen-bond donors (Lipinski definition) is 1. The maximum Gasteiger partial charge on any atom is 0.232 e. The molecule has 0 bridgehead atoms. The van der Waals surface area contributed by atoms with Crippen molar-refractivity contribution in [1.82, 2.24) is 15.2 Å². The molecule has 0 aromatic carbocycles. The summed E-state index contributed by atoms with van der Waals surface area (Å²) in [7, 11) is 2.00. The number of thioether (sulfide) groups is 1. The molecule has 1 aliphatic rings. The number of piperidine rings is 1. The second-order valence-electron chi connectivity index (χ2n) is 5.57. The van der Waals surface area contributed by atoms with E-state index in [-0.39, 0.29) is 30.7 Å². The molecule has 2 rings (SSSR count). The minimum atomic E-state index is 0. The van der Waals surface area contributed by atoms with E-state index < -0.39 is 0 Å². The third kappa shape index (κ3) is 8.25. The highest BCUT2D eigenvalue weighted by Gasteiger charge is 2.22. The van der Waals surface area contributed by atoms with Gasteiger partial charge in [0.05, 0.1) is 5.75 Å². The van der Waals surface area contributed by atoms with Crippen molar-refractivity contribution >= 4 is 42.5 Å². The molecule has 0 aliphatic carbocycles. The monoisotopic (exact) mass is 379 g/mol. The molecule has 1 saturated heterocycles. The van der Waals surface area contributed by atoms with E-state index in [2.05, 4.69) is 16.4 Å². The highest BCUT2D eigenvalue weighted by Crippen LogP contribution is 2.21. The van der Waals surface area contributed by atoms with Crippen molar-refractivity contribution in [1.29, 1.82) is 0 Å². The normalized spacial score (nSPS) is 14.7. The first-order valence-electron chi connectivity index (χ1n) is 7.68. The molecule has 1 aromatic heterocycles. The zero-order chi connectivity index (χ0) is 14.9. The van der Waals surface area contributed by atoms with Crippen LogP contribution in [0.1, 0.15) is 24.8 Å². The number of nitrogens with one attached hydrogen (secondary N) is 1. The predicted molar refractivity (Wildman–Crippen MR) is 103 cm³/mol. The minimum Gasteiger partial charge on any atom is -0.342 e. The summed E-state index contributed by atoms with van der Waals surface area (Å²) in [6, 6.07) is 3.99. The fourth-order valence-electron chi connectivity index (χ4n) is 2.65. The summed E-state index contributed by atoms with van der Waals surface area (Å²) in [5.41, 5.74) is 1.18. The fraction of sp³-hybridized carbons (Fsp3) is 0.625. The van der Waals surface area contributed by atoms with Gasteiger partial charge >= 0.3 is 0 Å². The van der Waals surface area contributed by atoms with E-state index in [9.17, 15) is 4.79 Å². The Hall–Kier alpha value is -0.490. The van der Waals surface area contributed by atoms with Crippen LogP contribution in [-0.4, -0.2) is 48.2 Å². The van der Waals surface area contributed by atoms with Gasteiger partial charge in [-0.15, -0.1) is 36.6 Å². The smallest absolute Gasteiger partial charge is 0.232 e. The Balaban J connectivity index is 0.00000242. The highest BCUT2D eigenvalue weighted by atomic mass is 35.5. The lowest BCUT2D eigenvalue weighted by molar-refractivity contribution is -0.129. The van der Waals surface area contributed by atoms with Gasteiger partial charge in [0.25, 0.3) is 0 Å². The second kappa shape index (κ2) is 12.9. The molecule has 132 valence electrons. The van der Waals surface area contributed by atoms with Gasteiger partial charge in [-0.2, -0.15) is 0 Å². The van der Waals surface area contributed by atoms with E-state index in [1.807, 2.05) is 24.2 Å². The van der Waals surface area contributed by atoms with E-state index >= 15 is 0 Å². The van der Waals surface area contributed by atoms with Crippen LogP contribution >= 0.6 is 36.6 Å².